The Kier molecular flexibility index (Phi) is 4.05. The molecule has 0 N–H and O–H groups in total. The Balaban J connectivity index is 3.57. The number of hydrogen-bond acceptors (Lipinski definition) is 0. The van der Waals surface area contributed by atoms with E-state index < -0.39 is 0 Å². The summed E-state index contributed by atoms with van der Waals surface area (Å²) in [7, 11) is 2.06. The Bertz CT molecular complexity index is 116. The largest absolute Gasteiger partial charge is 0.133 e. The molecule has 0 aromatic heterocycles. The van der Waals surface area contributed by atoms with Crippen molar-refractivity contribution in [3.63, 3.8) is 0 Å². The molecule has 0 radical (unpaired) electrons. The van der Waals surface area contributed by atoms with Crippen molar-refractivity contribution in [1.82, 2.24) is 0 Å². The van der Waals surface area contributed by atoms with Gasteiger partial charge in [0, 0.05) is 0 Å². The van der Waals surface area contributed by atoms with Gasteiger partial charge in [-0.1, -0.05) is 37.8 Å². The molecule has 1 heteroatoms. The van der Waals surface area contributed by atoms with E-state index in [2.05, 4.69) is 21.3 Å². The van der Waals surface area contributed by atoms with Crippen molar-refractivity contribution >= 4 is 7.85 Å². The first-order chi connectivity index (χ1) is 3.77. The van der Waals surface area contributed by atoms with Gasteiger partial charge in [-0.2, -0.15) is 0 Å². The number of allylic oxidation sites excluding steroid dienone is 5. The summed E-state index contributed by atoms with van der Waals surface area (Å²) in [6, 6.07) is 0. The molecule has 0 rings (SSSR count). The average molecular weight is 106 g/mol. The lowest BCUT2D eigenvalue weighted by atomic mass is 9.98. The van der Waals surface area contributed by atoms with Crippen LogP contribution < -0.4 is 0 Å². The molecule has 0 nitrogen and oxygen atoms in total. The molecule has 0 unspecified atom stereocenters. The van der Waals surface area contributed by atoms with E-state index in [0.29, 0.717) is 0 Å². The molecule has 0 bridgehead atoms. The molecule has 42 valence electrons. The first kappa shape index (κ1) is 7.28. The highest BCUT2D eigenvalue weighted by Crippen LogP contribution is 1.83. The number of rotatable bonds is 2. The predicted octanol–water partition coefficient (Wildman–Crippen LogP) is 1.27. The van der Waals surface area contributed by atoms with E-state index in [4.69, 9.17) is 0 Å². The first-order valence-electron chi connectivity index (χ1n) is 2.70. The van der Waals surface area contributed by atoms with Gasteiger partial charge in [-0.15, -0.1) is 5.47 Å². The monoisotopic (exact) mass is 106 g/mol. The Labute approximate surface area is 52.0 Å². The van der Waals surface area contributed by atoms with Gasteiger partial charge in [0.15, 0.2) is 0 Å². The standard InChI is InChI=1S/C7H11B/c1-3-4-5-6-7(2)8/h3-6H,1,8H2,2H3/b5-4-,7-6+. The van der Waals surface area contributed by atoms with Crippen molar-refractivity contribution in [1.29, 1.82) is 0 Å². The summed E-state index contributed by atoms with van der Waals surface area (Å²) in [4.78, 5) is 0. The van der Waals surface area contributed by atoms with Crippen LogP contribution in [0.5, 0.6) is 0 Å². The fourth-order valence-electron chi connectivity index (χ4n) is 0.327. The van der Waals surface area contributed by atoms with Gasteiger partial charge in [-0.05, 0) is 0 Å². The second-order valence-corrected chi connectivity index (χ2v) is 1.86. The van der Waals surface area contributed by atoms with E-state index in [-0.39, 0.29) is 0 Å². The van der Waals surface area contributed by atoms with Gasteiger partial charge in [0.2, 0.25) is 0 Å². The second kappa shape index (κ2) is 4.44. The molecule has 0 saturated carbocycles. The zero-order valence-corrected chi connectivity index (χ0v) is 5.52. The lowest BCUT2D eigenvalue weighted by molar-refractivity contribution is 1.66. The zero-order chi connectivity index (χ0) is 6.41. The molecule has 0 amide bonds. The molecule has 0 atom stereocenters. The third kappa shape index (κ3) is 5.28. The Morgan fingerprint density at radius 1 is 1.50 bits per heavy atom. The summed E-state index contributed by atoms with van der Waals surface area (Å²) in [6.45, 7) is 5.60. The predicted molar refractivity (Wildman–Crippen MR) is 41.6 cm³/mol. The Morgan fingerprint density at radius 2 is 2.12 bits per heavy atom. The summed E-state index contributed by atoms with van der Waals surface area (Å²) >= 11 is 0. The van der Waals surface area contributed by atoms with Gasteiger partial charge in [-0.3, -0.25) is 0 Å². The molecule has 0 heterocycles. The molecule has 8 heavy (non-hydrogen) atoms. The zero-order valence-electron chi connectivity index (χ0n) is 5.52. The van der Waals surface area contributed by atoms with Crippen molar-refractivity contribution in [3.05, 3.63) is 36.4 Å². The van der Waals surface area contributed by atoms with Crippen molar-refractivity contribution in [3.8, 4) is 0 Å². The van der Waals surface area contributed by atoms with E-state index in [9.17, 15) is 0 Å². The molecule has 0 aromatic rings. The highest BCUT2D eigenvalue weighted by molar-refractivity contribution is 6.21. The fourth-order valence-corrected chi connectivity index (χ4v) is 0.327. The van der Waals surface area contributed by atoms with Crippen LogP contribution in [0.2, 0.25) is 0 Å². The minimum Gasteiger partial charge on any atom is -0.113 e. The molecule has 0 aliphatic rings. The van der Waals surface area contributed by atoms with Gasteiger partial charge >= 0.3 is 0 Å². The minimum atomic E-state index is 1.31. The van der Waals surface area contributed by atoms with E-state index in [1.54, 1.807) is 6.08 Å². The third-order valence-electron chi connectivity index (χ3n) is 0.677. The van der Waals surface area contributed by atoms with Crippen molar-refractivity contribution in [2.24, 2.45) is 0 Å². The van der Waals surface area contributed by atoms with Crippen LogP contribution in [0.4, 0.5) is 0 Å². The van der Waals surface area contributed by atoms with Crippen LogP contribution in [0.15, 0.2) is 36.4 Å². The van der Waals surface area contributed by atoms with E-state index >= 15 is 0 Å². The summed E-state index contributed by atoms with van der Waals surface area (Å²) in [5, 5.41) is 0. The van der Waals surface area contributed by atoms with Crippen LogP contribution >= 0.6 is 0 Å². The maximum absolute atomic E-state index is 3.54. The number of hydrogen-bond donors (Lipinski definition) is 0. The summed E-state index contributed by atoms with van der Waals surface area (Å²) in [5.41, 5.74) is 1.31. The lowest BCUT2D eigenvalue weighted by Gasteiger charge is -1.78. The van der Waals surface area contributed by atoms with Crippen LogP contribution in [0.3, 0.4) is 0 Å². The van der Waals surface area contributed by atoms with Crippen LogP contribution in [0.1, 0.15) is 6.92 Å². The molecular formula is C7H11B. The fraction of sp³-hybridized carbons (Fsp3) is 0.143. The quantitative estimate of drug-likeness (QED) is 0.367. The summed E-state index contributed by atoms with van der Waals surface area (Å²) in [5.74, 6) is 0. The highest BCUT2D eigenvalue weighted by Gasteiger charge is 1.67. The van der Waals surface area contributed by atoms with Crippen LogP contribution in [-0.4, -0.2) is 7.85 Å². The first-order valence-corrected chi connectivity index (χ1v) is 2.70. The van der Waals surface area contributed by atoms with Gasteiger partial charge < -0.3 is 0 Å². The Morgan fingerprint density at radius 3 is 2.50 bits per heavy atom. The molecule has 0 fully saturated rings. The summed E-state index contributed by atoms with van der Waals surface area (Å²) < 4.78 is 0. The van der Waals surface area contributed by atoms with Crippen molar-refractivity contribution in [2.45, 2.75) is 6.92 Å². The molecule has 0 aliphatic heterocycles. The molecule has 0 saturated heterocycles. The molecule has 0 aromatic carbocycles. The summed E-state index contributed by atoms with van der Waals surface area (Å²) in [6.07, 6.45) is 7.69. The van der Waals surface area contributed by atoms with Crippen LogP contribution in [0.25, 0.3) is 0 Å². The third-order valence-corrected chi connectivity index (χ3v) is 0.677. The van der Waals surface area contributed by atoms with Crippen molar-refractivity contribution < 1.29 is 0 Å². The van der Waals surface area contributed by atoms with Gasteiger partial charge in [0.25, 0.3) is 0 Å². The lowest BCUT2D eigenvalue weighted by Crippen LogP contribution is -1.65. The van der Waals surface area contributed by atoms with Gasteiger partial charge in [0.05, 0.1) is 0 Å². The normalized spacial score (nSPS) is 12.4. The molecule has 0 spiro atoms. The van der Waals surface area contributed by atoms with Crippen LogP contribution in [-0.2, 0) is 0 Å². The van der Waals surface area contributed by atoms with Crippen molar-refractivity contribution in [2.75, 3.05) is 0 Å². The van der Waals surface area contributed by atoms with E-state index in [1.165, 1.54) is 5.47 Å². The Hall–Kier alpha value is -0.715. The van der Waals surface area contributed by atoms with E-state index in [1.807, 2.05) is 18.2 Å². The van der Waals surface area contributed by atoms with Gasteiger partial charge in [-0.25, -0.2) is 0 Å². The van der Waals surface area contributed by atoms with E-state index in [0.717, 1.165) is 0 Å². The maximum atomic E-state index is 3.54. The van der Waals surface area contributed by atoms with Gasteiger partial charge in [0.1, 0.15) is 7.85 Å². The molecule has 0 aliphatic carbocycles. The highest BCUT2D eigenvalue weighted by atomic mass is 13.7. The molecular weight excluding hydrogens is 94.9 g/mol. The van der Waals surface area contributed by atoms with Crippen LogP contribution in [0, 0.1) is 0 Å². The second-order valence-electron chi connectivity index (χ2n) is 1.86. The topological polar surface area (TPSA) is 0 Å². The minimum absolute atomic E-state index is 1.31. The smallest absolute Gasteiger partial charge is 0.113 e. The average Bonchev–Trinajstić information content (AvgIpc) is 1.66. The SMILES string of the molecule is B/C(C)=C/C=C\C=C. The maximum Gasteiger partial charge on any atom is 0.133 e.